The average molecular weight is 710 g/mol. The molecule has 264 valence electrons. The van der Waals surface area contributed by atoms with E-state index in [1.165, 1.54) is 51.9 Å². The van der Waals surface area contributed by atoms with Crippen molar-refractivity contribution in [3.63, 3.8) is 0 Å². The summed E-state index contributed by atoms with van der Waals surface area (Å²) in [7, 11) is 0. The van der Waals surface area contributed by atoms with Crippen LogP contribution < -0.4 is 21.1 Å². The number of alkyl halides is 6. The van der Waals surface area contributed by atoms with Crippen molar-refractivity contribution in [3.05, 3.63) is 123 Å². The van der Waals surface area contributed by atoms with Gasteiger partial charge in [0, 0.05) is 55.4 Å². The summed E-state index contributed by atoms with van der Waals surface area (Å²) in [5.41, 5.74) is 0.0567. The lowest BCUT2D eigenvalue weighted by molar-refractivity contribution is -0.138. The van der Waals surface area contributed by atoms with Crippen LogP contribution in [0.1, 0.15) is 32.7 Å². The number of fused-ring (bicyclic) bond motifs is 1. The Morgan fingerprint density at radius 2 is 1.45 bits per heavy atom. The first kappa shape index (κ1) is 34.9. The quantitative estimate of drug-likeness (QED) is 0.197. The van der Waals surface area contributed by atoms with Crippen molar-refractivity contribution >= 4 is 34.6 Å². The maximum absolute atomic E-state index is 13.2. The molecule has 1 saturated heterocycles. The standard InChI is InChI=1S/C35H29F6N7O3/c1-21-28-13-14-29(49)48(27-11-7-23(8-12-27)31(50)42-20-22-5-9-24(10-6-22)34(36,37)38)30(28)45-32(43-21)46-15-17-47(18-16-46)33(51)44-26-4-2-3-25(19-26)35(39,40)41/h2-14,19H,15-18,20H2,1H3,(H,42,50)(H,44,51). The van der Waals surface area contributed by atoms with E-state index in [0.29, 0.717) is 47.0 Å². The van der Waals surface area contributed by atoms with E-state index in [2.05, 4.69) is 15.6 Å². The number of hydrogen-bond donors (Lipinski definition) is 2. The Balaban J connectivity index is 1.15. The Bertz CT molecular complexity index is 2140. The van der Waals surface area contributed by atoms with Gasteiger partial charge in [0.15, 0.2) is 5.65 Å². The van der Waals surface area contributed by atoms with E-state index in [1.54, 1.807) is 25.1 Å². The zero-order chi connectivity index (χ0) is 36.5. The number of aryl methyl sites for hydroxylation is 1. The first-order valence-electron chi connectivity index (χ1n) is 15.6. The topological polar surface area (TPSA) is 112 Å². The van der Waals surface area contributed by atoms with E-state index >= 15 is 0 Å². The van der Waals surface area contributed by atoms with Gasteiger partial charge in [0.25, 0.3) is 11.5 Å². The van der Waals surface area contributed by atoms with Gasteiger partial charge in [-0.25, -0.2) is 9.78 Å². The molecule has 10 nitrogen and oxygen atoms in total. The summed E-state index contributed by atoms with van der Waals surface area (Å²) >= 11 is 0. The van der Waals surface area contributed by atoms with Gasteiger partial charge in [-0.2, -0.15) is 31.3 Å². The Kier molecular flexibility index (Phi) is 9.42. The number of pyridine rings is 1. The molecule has 3 aromatic carbocycles. The minimum Gasteiger partial charge on any atom is -0.348 e. The number of urea groups is 1. The third kappa shape index (κ3) is 7.79. The number of anilines is 2. The van der Waals surface area contributed by atoms with Gasteiger partial charge in [-0.1, -0.05) is 18.2 Å². The van der Waals surface area contributed by atoms with E-state index in [9.17, 15) is 40.7 Å². The van der Waals surface area contributed by atoms with Gasteiger partial charge in [0.05, 0.1) is 22.5 Å². The molecule has 3 heterocycles. The van der Waals surface area contributed by atoms with Gasteiger partial charge < -0.3 is 20.4 Å². The number of rotatable bonds is 6. The van der Waals surface area contributed by atoms with Gasteiger partial charge in [0.1, 0.15) is 0 Å². The minimum absolute atomic E-state index is 0.00916. The van der Waals surface area contributed by atoms with Crippen LogP contribution in [0.5, 0.6) is 0 Å². The lowest BCUT2D eigenvalue weighted by Crippen LogP contribution is -2.50. The van der Waals surface area contributed by atoms with Gasteiger partial charge in [-0.15, -0.1) is 0 Å². The lowest BCUT2D eigenvalue weighted by Gasteiger charge is -2.35. The van der Waals surface area contributed by atoms with E-state index in [0.717, 1.165) is 24.3 Å². The van der Waals surface area contributed by atoms with Crippen molar-refractivity contribution in [1.82, 2.24) is 24.8 Å². The van der Waals surface area contributed by atoms with Gasteiger partial charge in [-0.05, 0) is 73.2 Å². The van der Waals surface area contributed by atoms with Gasteiger partial charge >= 0.3 is 18.4 Å². The fraction of sp³-hybridized carbons (Fsp3) is 0.229. The fourth-order valence-electron chi connectivity index (χ4n) is 5.59. The Hall–Kier alpha value is -5.93. The van der Waals surface area contributed by atoms with Crippen LogP contribution >= 0.6 is 0 Å². The molecule has 1 aliphatic heterocycles. The average Bonchev–Trinajstić information content (AvgIpc) is 3.10. The van der Waals surface area contributed by atoms with Crippen LogP contribution in [-0.4, -0.2) is 57.6 Å². The molecule has 5 aromatic rings. The number of hydrogen-bond acceptors (Lipinski definition) is 6. The zero-order valence-corrected chi connectivity index (χ0v) is 26.8. The number of nitrogens with one attached hydrogen (secondary N) is 2. The van der Waals surface area contributed by atoms with Crippen LogP contribution in [0.3, 0.4) is 0 Å². The Morgan fingerprint density at radius 3 is 2.10 bits per heavy atom. The van der Waals surface area contributed by atoms with Gasteiger partial charge in [0.2, 0.25) is 5.95 Å². The number of halogens is 6. The molecule has 16 heteroatoms. The van der Waals surface area contributed by atoms with E-state index in [-0.39, 0.29) is 36.4 Å². The predicted octanol–water partition coefficient (Wildman–Crippen LogP) is 6.41. The summed E-state index contributed by atoms with van der Waals surface area (Å²) in [6.07, 6.45) is -9.00. The molecule has 2 N–H and O–H groups in total. The second-order valence-corrected chi connectivity index (χ2v) is 11.8. The van der Waals surface area contributed by atoms with Crippen molar-refractivity contribution in [1.29, 1.82) is 0 Å². The number of amides is 3. The zero-order valence-electron chi connectivity index (χ0n) is 26.8. The molecule has 1 aliphatic rings. The number of carbonyl (C=O) groups is 2. The van der Waals surface area contributed by atoms with E-state index in [1.807, 2.05) is 4.90 Å². The Morgan fingerprint density at radius 1 is 0.784 bits per heavy atom. The normalized spacial score (nSPS) is 13.7. The molecular formula is C35H29F6N7O3. The molecule has 51 heavy (non-hydrogen) atoms. The summed E-state index contributed by atoms with van der Waals surface area (Å²) in [6.45, 7) is 2.87. The molecule has 3 amide bonds. The minimum atomic E-state index is -4.54. The highest BCUT2D eigenvalue weighted by molar-refractivity contribution is 5.94. The summed E-state index contributed by atoms with van der Waals surface area (Å²) in [5.74, 6) is -0.147. The number of carbonyl (C=O) groups excluding carboxylic acids is 2. The van der Waals surface area contributed by atoms with Gasteiger partial charge in [-0.3, -0.25) is 14.2 Å². The number of piperazine rings is 1. The van der Waals surface area contributed by atoms with Crippen LogP contribution in [0.2, 0.25) is 0 Å². The molecule has 0 spiro atoms. The Labute approximate surface area is 286 Å². The number of nitrogens with zero attached hydrogens (tertiary/aromatic N) is 5. The van der Waals surface area contributed by atoms with Crippen molar-refractivity contribution in [2.24, 2.45) is 0 Å². The van der Waals surface area contributed by atoms with Crippen LogP contribution in [0.15, 0.2) is 89.7 Å². The highest BCUT2D eigenvalue weighted by Crippen LogP contribution is 2.31. The summed E-state index contributed by atoms with van der Waals surface area (Å²) < 4.78 is 79.2. The smallest absolute Gasteiger partial charge is 0.348 e. The number of benzene rings is 3. The highest BCUT2D eigenvalue weighted by Gasteiger charge is 2.31. The molecular weight excluding hydrogens is 680 g/mol. The lowest BCUT2D eigenvalue weighted by atomic mass is 10.1. The highest BCUT2D eigenvalue weighted by atomic mass is 19.4. The van der Waals surface area contributed by atoms with Crippen LogP contribution in [0.4, 0.5) is 42.8 Å². The predicted molar refractivity (Wildman–Crippen MR) is 177 cm³/mol. The van der Waals surface area contributed by atoms with E-state index in [4.69, 9.17) is 4.98 Å². The van der Waals surface area contributed by atoms with Crippen LogP contribution in [-0.2, 0) is 18.9 Å². The molecule has 0 radical (unpaired) electrons. The second-order valence-electron chi connectivity index (χ2n) is 11.8. The van der Waals surface area contributed by atoms with Crippen molar-refractivity contribution in [2.75, 3.05) is 36.4 Å². The monoisotopic (exact) mass is 709 g/mol. The first-order valence-corrected chi connectivity index (χ1v) is 15.6. The molecule has 2 aromatic heterocycles. The third-order valence-corrected chi connectivity index (χ3v) is 8.34. The van der Waals surface area contributed by atoms with Crippen LogP contribution in [0.25, 0.3) is 16.7 Å². The van der Waals surface area contributed by atoms with Crippen LogP contribution in [0, 0.1) is 6.92 Å². The summed E-state index contributed by atoms with van der Waals surface area (Å²) in [5, 5.41) is 5.79. The third-order valence-electron chi connectivity index (χ3n) is 8.34. The molecule has 0 unspecified atom stereocenters. The van der Waals surface area contributed by atoms with Crippen molar-refractivity contribution < 1.29 is 35.9 Å². The van der Waals surface area contributed by atoms with Crippen molar-refractivity contribution in [2.45, 2.75) is 25.8 Å². The fourth-order valence-corrected chi connectivity index (χ4v) is 5.59. The van der Waals surface area contributed by atoms with E-state index < -0.39 is 35.4 Å². The molecule has 6 rings (SSSR count). The summed E-state index contributed by atoms with van der Waals surface area (Å²) in [4.78, 5) is 51.4. The molecule has 1 fully saturated rings. The SMILES string of the molecule is Cc1nc(N2CCN(C(=O)Nc3cccc(C(F)(F)F)c3)CC2)nc2c1ccc(=O)n2-c1ccc(C(=O)NCc2ccc(C(F)(F)F)cc2)cc1. The molecule has 0 atom stereocenters. The molecule has 0 aliphatic carbocycles. The van der Waals surface area contributed by atoms with Crippen molar-refractivity contribution in [3.8, 4) is 5.69 Å². The first-order chi connectivity index (χ1) is 24.2. The molecule has 0 bridgehead atoms. The summed E-state index contributed by atoms with van der Waals surface area (Å²) in [6, 6.07) is 17.5. The maximum Gasteiger partial charge on any atom is 0.416 e. The maximum atomic E-state index is 13.2. The molecule has 0 saturated carbocycles. The number of aromatic nitrogens is 3. The second kappa shape index (κ2) is 13.8. The largest absolute Gasteiger partial charge is 0.416 e.